The molecule has 0 radical (unpaired) electrons. The van der Waals surface area contributed by atoms with Crippen molar-refractivity contribution < 1.29 is 4.74 Å². The Bertz CT molecular complexity index is 427. The molecule has 1 saturated carbocycles. The van der Waals surface area contributed by atoms with E-state index >= 15 is 0 Å². The summed E-state index contributed by atoms with van der Waals surface area (Å²) in [6.45, 7) is 0.698. The molecule has 0 aliphatic heterocycles. The molecule has 98 valence electrons. The Morgan fingerprint density at radius 2 is 2.17 bits per heavy atom. The predicted octanol–water partition coefficient (Wildman–Crippen LogP) is 1.65. The van der Waals surface area contributed by atoms with Crippen LogP contribution in [-0.4, -0.2) is 37.6 Å². The van der Waals surface area contributed by atoms with Crippen LogP contribution in [0.4, 0.5) is 0 Å². The number of nitrogens with zero attached hydrogens (tertiary/aromatic N) is 2. The molecular weight excluding hydrogens is 226 g/mol. The van der Waals surface area contributed by atoms with Gasteiger partial charge in [0.05, 0.1) is 7.11 Å². The first-order valence-electron chi connectivity index (χ1n) is 6.37. The fraction of sp³-hybridized carbons (Fsp3) is 0.500. The van der Waals surface area contributed by atoms with E-state index in [4.69, 9.17) is 10.5 Å². The summed E-state index contributed by atoms with van der Waals surface area (Å²) in [5.74, 6) is 1.56. The normalized spacial score (nSPS) is 15.6. The Hall–Kier alpha value is -1.71. The molecule has 2 rings (SSSR count). The van der Waals surface area contributed by atoms with Crippen LogP contribution in [0.25, 0.3) is 0 Å². The van der Waals surface area contributed by atoms with E-state index in [-0.39, 0.29) is 0 Å². The number of para-hydroxylation sites is 1. The lowest BCUT2D eigenvalue weighted by Gasteiger charge is -2.16. The van der Waals surface area contributed by atoms with Crippen molar-refractivity contribution in [3.63, 3.8) is 0 Å². The van der Waals surface area contributed by atoms with Crippen LogP contribution in [-0.2, 0) is 6.42 Å². The average Bonchev–Trinajstić information content (AvgIpc) is 3.22. The van der Waals surface area contributed by atoms with Gasteiger partial charge in [0.25, 0.3) is 0 Å². The van der Waals surface area contributed by atoms with Crippen LogP contribution in [0, 0.1) is 0 Å². The molecule has 1 fully saturated rings. The van der Waals surface area contributed by atoms with Crippen molar-refractivity contribution in [2.45, 2.75) is 25.3 Å². The third-order valence-corrected chi connectivity index (χ3v) is 3.30. The number of aliphatic imine (C=N–C) groups is 1. The van der Waals surface area contributed by atoms with Gasteiger partial charge in [-0.2, -0.15) is 0 Å². The highest BCUT2D eigenvalue weighted by Crippen LogP contribution is 2.24. The highest BCUT2D eigenvalue weighted by Gasteiger charge is 2.27. The number of hydrogen-bond donors (Lipinski definition) is 1. The number of guanidine groups is 1. The molecule has 4 nitrogen and oxygen atoms in total. The summed E-state index contributed by atoms with van der Waals surface area (Å²) >= 11 is 0. The summed E-state index contributed by atoms with van der Waals surface area (Å²) in [7, 11) is 3.71. The number of rotatable bonds is 5. The van der Waals surface area contributed by atoms with Gasteiger partial charge in [-0.25, -0.2) is 0 Å². The molecule has 1 aromatic rings. The third-order valence-electron chi connectivity index (χ3n) is 3.30. The number of benzene rings is 1. The Labute approximate surface area is 108 Å². The molecule has 18 heavy (non-hydrogen) atoms. The second-order valence-electron chi connectivity index (χ2n) is 4.64. The first-order valence-corrected chi connectivity index (χ1v) is 6.37. The van der Waals surface area contributed by atoms with Gasteiger partial charge >= 0.3 is 0 Å². The van der Waals surface area contributed by atoms with E-state index in [2.05, 4.69) is 16.0 Å². The maximum absolute atomic E-state index is 5.94. The first kappa shape index (κ1) is 12.7. The van der Waals surface area contributed by atoms with Crippen LogP contribution in [0.1, 0.15) is 18.4 Å². The standard InChI is InChI=1S/C14H21N3O/c1-17(12-7-8-12)14(15)16-10-9-11-5-3-4-6-13(11)18-2/h3-6,12H,7-10H2,1-2H3,(H2,15,16). The molecule has 0 atom stereocenters. The van der Waals surface area contributed by atoms with Gasteiger partial charge in [-0.05, 0) is 30.9 Å². The van der Waals surface area contributed by atoms with Crippen molar-refractivity contribution in [1.29, 1.82) is 0 Å². The molecule has 0 spiro atoms. The Balaban J connectivity index is 1.89. The molecule has 0 amide bonds. The molecule has 1 aromatic carbocycles. The second-order valence-corrected chi connectivity index (χ2v) is 4.64. The summed E-state index contributed by atoms with van der Waals surface area (Å²) in [4.78, 5) is 6.49. The summed E-state index contributed by atoms with van der Waals surface area (Å²) in [6, 6.07) is 8.63. The molecule has 0 saturated heterocycles. The van der Waals surface area contributed by atoms with Crippen molar-refractivity contribution in [3.8, 4) is 5.75 Å². The summed E-state index contributed by atoms with van der Waals surface area (Å²) in [6.07, 6.45) is 3.32. The quantitative estimate of drug-likeness (QED) is 0.636. The van der Waals surface area contributed by atoms with Crippen molar-refractivity contribution in [1.82, 2.24) is 4.90 Å². The minimum absolute atomic E-state index is 0.611. The molecule has 2 N–H and O–H groups in total. The zero-order chi connectivity index (χ0) is 13.0. The van der Waals surface area contributed by atoms with Crippen LogP contribution >= 0.6 is 0 Å². The number of hydrogen-bond acceptors (Lipinski definition) is 2. The Kier molecular flexibility index (Phi) is 4.07. The fourth-order valence-electron chi connectivity index (χ4n) is 1.96. The Morgan fingerprint density at radius 3 is 2.83 bits per heavy atom. The van der Waals surface area contributed by atoms with Crippen molar-refractivity contribution in [3.05, 3.63) is 29.8 Å². The largest absolute Gasteiger partial charge is 0.496 e. The molecule has 0 aromatic heterocycles. The van der Waals surface area contributed by atoms with Gasteiger partial charge in [-0.15, -0.1) is 0 Å². The van der Waals surface area contributed by atoms with Gasteiger partial charge in [-0.3, -0.25) is 4.99 Å². The van der Waals surface area contributed by atoms with E-state index in [1.807, 2.05) is 25.2 Å². The van der Waals surface area contributed by atoms with E-state index in [0.717, 1.165) is 12.2 Å². The fourth-order valence-corrected chi connectivity index (χ4v) is 1.96. The lowest BCUT2D eigenvalue weighted by Crippen LogP contribution is -2.35. The molecule has 4 heteroatoms. The zero-order valence-corrected chi connectivity index (χ0v) is 11.1. The predicted molar refractivity (Wildman–Crippen MR) is 74.0 cm³/mol. The van der Waals surface area contributed by atoms with Crippen molar-refractivity contribution in [2.75, 3.05) is 20.7 Å². The highest BCUT2D eigenvalue weighted by molar-refractivity contribution is 5.78. The molecule has 0 bridgehead atoms. The van der Waals surface area contributed by atoms with E-state index in [1.165, 1.54) is 18.4 Å². The van der Waals surface area contributed by atoms with Gasteiger partial charge in [0.2, 0.25) is 0 Å². The van der Waals surface area contributed by atoms with Crippen LogP contribution in [0.2, 0.25) is 0 Å². The van der Waals surface area contributed by atoms with Gasteiger partial charge < -0.3 is 15.4 Å². The highest BCUT2D eigenvalue weighted by atomic mass is 16.5. The number of nitrogens with two attached hydrogens (primary N) is 1. The lowest BCUT2D eigenvalue weighted by atomic mass is 10.1. The minimum atomic E-state index is 0.611. The molecule has 0 heterocycles. The van der Waals surface area contributed by atoms with Crippen molar-refractivity contribution >= 4 is 5.96 Å². The topological polar surface area (TPSA) is 50.9 Å². The van der Waals surface area contributed by atoms with Crippen LogP contribution in [0.3, 0.4) is 0 Å². The van der Waals surface area contributed by atoms with Gasteiger partial charge in [0.15, 0.2) is 5.96 Å². The monoisotopic (exact) mass is 247 g/mol. The molecule has 1 aliphatic rings. The molecular formula is C14H21N3O. The SMILES string of the molecule is COc1ccccc1CCN=C(N)N(C)C1CC1. The van der Waals surface area contributed by atoms with Crippen LogP contribution in [0.5, 0.6) is 5.75 Å². The number of ether oxygens (including phenoxy) is 1. The summed E-state index contributed by atoms with van der Waals surface area (Å²) in [5.41, 5.74) is 7.11. The molecule has 0 unspecified atom stereocenters. The van der Waals surface area contributed by atoms with E-state index in [0.29, 0.717) is 18.5 Å². The van der Waals surface area contributed by atoms with Gasteiger partial charge in [0, 0.05) is 19.6 Å². The minimum Gasteiger partial charge on any atom is -0.496 e. The third kappa shape index (κ3) is 3.15. The first-order chi connectivity index (χ1) is 8.72. The van der Waals surface area contributed by atoms with E-state index in [9.17, 15) is 0 Å². The van der Waals surface area contributed by atoms with Crippen molar-refractivity contribution in [2.24, 2.45) is 10.7 Å². The maximum atomic E-state index is 5.94. The van der Waals surface area contributed by atoms with E-state index in [1.54, 1.807) is 7.11 Å². The average molecular weight is 247 g/mol. The number of methoxy groups -OCH3 is 1. The lowest BCUT2D eigenvalue weighted by molar-refractivity contribution is 0.409. The van der Waals surface area contributed by atoms with Gasteiger partial charge in [0.1, 0.15) is 5.75 Å². The van der Waals surface area contributed by atoms with Gasteiger partial charge in [-0.1, -0.05) is 18.2 Å². The molecule has 1 aliphatic carbocycles. The zero-order valence-electron chi connectivity index (χ0n) is 11.1. The second kappa shape index (κ2) is 5.76. The Morgan fingerprint density at radius 1 is 1.44 bits per heavy atom. The van der Waals surface area contributed by atoms with Crippen LogP contribution in [0.15, 0.2) is 29.3 Å². The van der Waals surface area contributed by atoms with Crippen LogP contribution < -0.4 is 10.5 Å². The summed E-state index contributed by atoms with van der Waals surface area (Å²) in [5, 5.41) is 0. The van der Waals surface area contributed by atoms with E-state index < -0.39 is 0 Å². The smallest absolute Gasteiger partial charge is 0.191 e. The summed E-state index contributed by atoms with van der Waals surface area (Å²) < 4.78 is 5.31. The maximum Gasteiger partial charge on any atom is 0.191 e.